The van der Waals surface area contributed by atoms with Gasteiger partial charge in [0.2, 0.25) is 0 Å². The highest BCUT2D eigenvalue weighted by Gasteiger charge is 2.41. The Bertz CT molecular complexity index is 2060. The third kappa shape index (κ3) is 9.94. The van der Waals surface area contributed by atoms with E-state index in [0.29, 0.717) is 13.2 Å². The maximum absolute atomic E-state index is 6.98. The maximum Gasteiger partial charge on any atom is 0.110 e. The quantitative estimate of drug-likeness (QED) is 0.0971. The number of benzene rings is 6. The number of hydrogen-bond acceptors (Lipinski definition) is 5. The first-order valence-corrected chi connectivity index (χ1v) is 22.7. The third-order valence-corrected chi connectivity index (χ3v) is 13.5. The minimum atomic E-state index is -0.437. The Labute approximate surface area is 357 Å². The average molecular weight is 801 g/mol. The van der Waals surface area contributed by atoms with Crippen LogP contribution in [0.15, 0.2) is 168 Å². The van der Waals surface area contributed by atoms with Crippen molar-refractivity contribution in [2.45, 2.75) is 86.5 Å². The van der Waals surface area contributed by atoms with E-state index in [2.05, 4.69) is 181 Å². The number of morpholine rings is 2. The van der Waals surface area contributed by atoms with Gasteiger partial charge in [-0.25, -0.2) is 0 Å². The van der Waals surface area contributed by atoms with Gasteiger partial charge in [-0.2, -0.15) is 0 Å². The fourth-order valence-electron chi connectivity index (χ4n) is 9.46. The van der Waals surface area contributed by atoms with Crippen LogP contribution in [0.25, 0.3) is 0 Å². The molecule has 0 amide bonds. The summed E-state index contributed by atoms with van der Waals surface area (Å²) in [7, 11) is 0. The van der Waals surface area contributed by atoms with Gasteiger partial charge >= 0.3 is 0 Å². The van der Waals surface area contributed by atoms with E-state index in [1.54, 1.807) is 0 Å². The van der Waals surface area contributed by atoms with Crippen molar-refractivity contribution < 1.29 is 9.47 Å². The molecule has 6 aromatic rings. The summed E-state index contributed by atoms with van der Waals surface area (Å²) < 4.78 is 14.0. The molecule has 2 saturated heterocycles. The molecule has 2 atom stereocenters. The van der Waals surface area contributed by atoms with E-state index in [0.717, 1.165) is 77.8 Å². The molecule has 2 aliphatic heterocycles. The molecule has 5 heteroatoms. The Morgan fingerprint density at radius 1 is 0.475 bits per heavy atom. The van der Waals surface area contributed by atoms with E-state index >= 15 is 0 Å². The first kappa shape index (κ1) is 41.3. The minimum absolute atomic E-state index is 0.437. The van der Waals surface area contributed by atoms with Crippen LogP contribution >= 0.6 is 11.8 Å². The van der Waals surface area contributed by atoms with E-state index in [1.807, 2.05) is 11.8 Å². The second-order valence-corrected chi connectivity index (χ2v) is 17.6. The van der Waals surface area contributed by atoms with Crippen LogP contribution in [-0.4, -0.2) is 49.2 Å². The SMILES string of the molecule is CCCc1c(C[C@]2(c3ccccc3)CN(Cc3ccccc3)CCO2)cccc1Sc1cccc(C[C@]2(c3ccccc3)CN(Cc3ccccc3)CCO2)c1CCC. The van der Waals surface area contributed by atoms with Crippen molar-refractivity contribution in [2.24, 2.45) is 0 Å². The topological polar surface area (TPSA) is 24.9 Å². The second-order valence-electron chi connectivity index (χ2n) is 16.6. The smallest absolute Gasteiger partial charge is 0.110 e. The van der Waals surface area contributed by atoms with Gasteiger partial charge in [-0.1, -0.05) is 184 Å². The van der Waals surface area contributed by atoms with Gasteiger partial charge in [-0.3, -0.25) is 9.80 Å². The fraction of sp³-hybridized carbons (Fsp3) is 0.333. The molecule has 0 aromatic heterocycles. The lowest BCUT2D eigenvalue weighted by Crippen LogP contribution is -2.50. The van der Waals surface area contributed by atoms with E-state index in [1.165, 1.54) is 54.3 Å². The Morgan fingerprint density at radius 2 is 0.864 bits per heavy atom. The second kappa shape index (κ2) is 19.7. The summed E-state index contributed by atoms with van der Waals surface area (Å²) >= 11 is 1.96. The highest BCUT2D eigenvalue weighted by atomic mass is 32.2. The molecule has 59 heavy (non-hydrogen) atoms. The normalized spacial score (nSPS) is 20.1. The maximum atomic E-state index is 6.98. The molecule has 0 radical (unpaired) electrons. The number of hydrogen-bond donors (Lipinski definition) is 0. The Hall–Kier alpha value is -4.49. The Balaban J connectivity index is 1.11. The molecule has 0 aliphatic carbocycles. The van der Waals surface area contributed by atoms with E-state index in [4.69, 9.17) is 9.47 Å². The Kier molecular flexibility index (Phi) is 13.8. The molecule has 8 rings (SSSR count). The molecule has 2 heterocycles. The lowest BCUT2D eigenvalue weighted by Gasteiger charge is -2.44. The standard InChI is InChI=1S/C54H60N2O2S/c1-3-19-49-45(37-53(47-27-13-7-14-28-47)41-55(33-35-57-53)39-43-21-9-5-10-22-43)25-17-31-51(49)59-52-32-18-26-46(50(52)20-4-2)38-54(48-29-15-8-16-30-48)42-56(34-36-58-54)40-44-23-11-6-12-24-44/h5-18,21-32H,3-4,19-20,33-42H2,1-2H3/t53-,54-/m1/s1. The summed E-state index contributed by atoms with van der Waals surface area (Å²) in [6.07, 6.45) is 5.91. The molecular weight excluding hydrogens is 741 g/mol. The summed E-state index contributed by atoms with van der Waals surface area (Å²) in [5.41, 5.74) is 10.1. The molecule has 304 valence electrons. The van der Waals surface area contributed by atoms with Gasteiger partial charge in [-0.15, -0.1) is 0 Å². The molecule has 0 bridgehead atoms. The van der Waals surface area contributed by atoms with Crippen molar-refractivity contribution in [3.8, 4) is 0 Å². The lowest BCUT2D eigenvalue weighted by molar-refractivity contribution is -0.117. The van der Waals surface area contributed by atoms with Crippen LogP contribution in [0.1, 0.15) is 71.2 Å². The van der Waals surface area contributed by atoms with Crippen molar-refractivity contribution in [1.29, 1.82) is 0 Å². The average Bonchev–Trinajstić information content (AvgIpc) is 3.27. The van der Waals surface area contributed by atoms with Crippen LogP contribution in [0, 0.1) is 0 Å². The van der Waals surface area contributed by atoms with E-state index in [9.17, 15) is 0 Å². The van der Waals surface area contributed by atoms with Gasteiger partial charge < -0.3 is 9.47 Å². The zero-order valence-corrected chi connectivity index (χ0v) is 35.8. The highest BCUT2D eigenvalue weighted by molar-refractivity contribution is 7.99. The van der Waals surface area contributed by atoms with Gasteiger partial charge in [-0.05, 0) is 69.5 Å². The molecule has 0 unspecified atom stereocenters. The molecule has 2 aliphatic rings. The van der Waals surface area contributed by atoms with Gasteiger partial charge in [0.1, 0.15) is 11.2 Å². The van der Waals surface area contributed by atoms with E-state index < -0.39 is 11.2 Å². The highest BCUT2D eigenvalue weighted by Crippen LogP contribution is 2.42. The summed E-state index contributed by atoms with van der Waals surface area (Å²) in [5, 5.41) is 0. The summed E-state index contributed by atoms with van der Waals surface area (Å²) in [6.45, 7) is 11.5. The van der Waals surface area contributed by atoms with Crippen molar-refractivity contribution in [3.63, 3.8) is 0 Å². The largest absolute Gasteiger partial charge is 0.367 e. The van der Waals surface area contributed by atoms with Crippen LogP contribution in [-0.2, 0) is 59.4 Å². The summed E-state index contributed by atoms with van der Waals surface area (Å²) in [4.78, 5) is 7.90. The number of ether oxygens (including phenoxy) is 2. The molecule has 6 aromatic carbocycles. The molecule has 4 nitrogen and oxygen atoms in total. The number of rotatable bonds is 16. The van der Waals surface area contributed by atoms with Crippen molar-refractivity contribution >= 4 is 11.8 Å². The van der Waals surface area contributed by atoms with Crippen LogP contribution in [0.4, 0.5) is 0 Å². The van der Waals surface area contributed by atoms with Crippen molar-refractivity contribution in [3.05, 3.63) is 202 Å². The van der Waals surface area contributed by atoms with Crippen LogP contribution in [0.3, 0.4) is 0 Å². The third-order valence-electron chi connectivity index (χ3n) is 12.3. The van der Waals surface area contributed by atoms with Crippen LogP contribution < -0.4 is 0 Å². The Morgan fingerprint density at radius 3 is 1.25 bits per heavy atom. The van der Waals surface area contributed by atoms with Gasteiger partial charge in [0.05, 0.1) is 13.2 Å². The molecule has 0 N–H and O–H groups in total. The zero-order valence-electron chi connectivity index (χ0n) is 35.0. The predicted octanol–water partition coefficient (Wildman–Crippen LogP) is 11.7. The van der Waals surface area contributed by atoms with E-state index in [-0.39, 0.29) is 0 Å². The van der Waals surface area contributed by atoms with Gasteiger partial charge in [0, 0.05) is 61.9 Å². The molecule has 2 fully saturated rings. The molecule has 0 saturated carbocycles. The first-order chi connectivity index (χ1) is 29.1. The summed E-state index contributed by atoms with van der Waals surface area (Å²) in [5.74, 6) is 0. The molecule has 0 spiro atoms. The van der Waals surface area contributed by atoms with Gasteiger partial charge in [0.25, 0.3) is 0 Å². The first-order valence-electron chi connectivity index (χ1n) is 21.9. The van der Waals surface area contributed by atoms with Gasteiger partial charge in [0.15, 0.2) is 0 Å². The van der Waals surface area contributed by atoms with Crippen molar-refractivity contribution in [1.82, 2.24) is 9.80 Å². The number of nitrogens with zero attached hydrogens (tertiary/aromatic N) is 2. The lowest BCUT2D eigenvalue weighted by atomic mass is 9.83. The zero-order chi connectivity index (χ0) is 40.3. The molecular formula is C54H60N2O2S. The monoisotopic (exact) mass is 800 g/mol. The van der Waals surface area contributed by atoms with Crippen molar-refractivity contribution in [2.75, 3.05) is 39.4 Å². The predicted molar refractivity (Wildman–Crippen MR) is 244 cm³/mol. The van der Waals surface area contributed by atoms with Crippen LogP contribution in [0.5, 0.6) is 0 Å². The minimum Gasteiger partial charge on any atom is -0.367 e. The summed E-state index contributed by atoms with van der Waals surface area (Å²) in [6, 6.07) is 57.8. The fourth-order valence-corrected chi connectivity index (χ4v) is 10.7. The van der Waals surface area contributed by atoms with Crippen LogP contribution in [0.2, 0.25) is 0 Å².